The fourth-order valence-corrected chi connectivity index (χ4v) is 5.22. The van der Waals surface area contributed by atoms with Gasteiger partial charge in [0.25, 0.3) is 0 Å². The van der Waals surface area contributed by atoms with Crippen LogP contribution >= 0.6 is 0 Å². The third kappa shape index (κ3) is 4.91. The number of fused-ring (bicyclic) bond motifs is 1. The largest absolute Gasteiger partial charge is 0.456 e. The molecular formula is C23H24O8S. The van der Waals surface area contributed by atoms with Crippen molar-refractivity contribution >= 4 is 22.7 Å². The Morgan fingerprint density at radius 2 is 1.47 bits per heavy atom. The number of esters is 2. The summed E-state index contributed by atoms with van der Waals surface area (Å²) in [6.45, 7) is 2.61. The van der Waals surface area contributed by atoms with Crippen LogP contribution < -0.4 is 0 Å². The second kappa shape index (κ2) is 9.91. The number of benzene rings is 2. The Hall–Kier alpha value is -2.59. The molecular weight excluding hydrogens is 436 g/mol. The molecule has 0 bridgehead atoms. The normalized spacial score (nSPS) is 30.6. The Morgan fingerprint density at radius 3 is 2.09 bits per heavy atom. The number of carbonyl (C=O) groups excluding carboxylic acids is 2. The Balaban J connectivity index is 1.67. The molecule has 8 nitrogen and oxygen atoms in total. The summed E-state index contributed by atoms with van der Waals surface area (Å²) >= 11 is 0. The van der Waals surface area contributed by atoms with Crippen molar-refractivity contribution in [3.63, 3.8) is 0 Å². The minimum atomic E-state index is -1.71. The molecule has 0 radical (unpaired) electrons. The van der Waals surface area contributed by atoms with Crippen molar-refractivity contribution in [2.75, 3.05) is 6.61 Å². The van der Waals surface area contributed by atoms with Crippen LogP contribution in [0.3, 0.4) is 0 Å². The van der Waals surface area contributed by atoms with Gasteiger partial charge in [0.1, 0.15) is 12.2 Å². The number of hydrogen-bond donors (Lipinski definition) is 0. The molecule has 0 aliphatic carbocycles. The Morgan fingerprint density at radius 1 is 0.875 bits per heavy atom. The number of ether oxygens (including phenoxy) is 5. The third-order valence-corrected chi connectivity index (χ3v) is 6.68. The maximum atomic E-state index is 13.4. The summed E-state index contributed by atoms with van der Waals surface area (Å²) in [6, 6.07) is 18.0. The lowest BCUT2D eigenvalue weighted by Crippen LogP contribution is -2.64. The van der Waals surface area contributed by atoms with E-state index >= 15 is 0 Å². The van der Waals surface area contributed by atoms with E-state index in [9.17, 15) is 13.8 Å². The van der Waals surface area contributed by atoms with Crippen LogP contribution in [0.5, 0.6) is 0 Å². The number of carbonyl (C=O) groups is 2. The van der Waals surface area contributed by atoms with E-state index in [4.69, 9.17) is 23.7 Å². The van der Waals surface area contributed by atoms with Crippen molar-refractivity contribution in [1.82, 2.24) is 0 Å². The highest BCUT2D eigenvalue weighted by molar-refractivity contribution is 7.85. The van der Waals surface area contributed by atoms with Crippen LogP contribution in [0.25, 0.3) is 0 Å². The summed E-state index contributed by atoms with van der Waals surface area (Å²) in [4.78, 5) is 24.4. The van der Waals surface area contributed by atoms with Crippen LogP contribution in [0.15, 0.2) is 65.6 Å². The van der Waals surface area contributed by atoms with E-state index in [-0.39, 0.29) is 6.61 Å². The lowest BCUT2D eigenvalue weighted by molar-refractivity contribution is -0.321. The number of rotatable bonds is 5. The van der Waals surface area contributed by atoms with Gasteiger partial charge in [-0.3, -0.25) is 13.8 Å². The molecule has 32 heavy (non-hydrogen) atoms. The Labute approximate surface area is 188 Å². The van der Waals surface area contributed by atoms with Gasteiger partial charge in [-0.1, -0.05) is 48.5 Å². The van der Waals surface area contributed by atoms with Gasteiger partial charge in [-0.25, -0.2) is 0 Å². The summed E-state index contributed by atoms with van der Waals surface area (Å²) < 4.78 is 42.5. The molecule has 2 aromatic carbocycles. The van der Waals surface area contributed by atoms with Crippen molar-refractivity contribution in [3.8, 4) is 0 Å². The van der Waals surface area contributed by atoms with Gasteiger partial charge in [-0.2, -0.15) is 0 Å². The van der Waals surface area contributed by atoms with E-state index in [0.29, 0.717) is 4.90 Å². The molecule has 2 aliphatic heterocycles. The van der Waals surface area contributed by atoms with E-state index in [1.54, 1.807) is 30.3 Å². The molecule has 2 saturated heterocycles. The molecule has 7 atom stereocenters. The predicted octanol–water partition coefficient (Wildman–Crippen LogP) is 2.50. The topological polar surface area (TPSA) is 97.4 Å². The molecule has 9 heteroatoms. The summed E-state index contributed by atoms with van der Waals surface area (Å²) in [5.74, 6) is -1.20. The molecule has 0 N–H and O–H groups in total. The molecule has 2 unspecified atom stereocenters. The zero-order valence-electron chi connectivity index (χ0n) is 17.6. The van der Waals surface area contributed by atoms with Crippen molar-refractivity contribution in [2.24, 2.45) is 0 Å². The van der Waals surface area contributed by atoms with Gasteiger partial charge in [0, 0.05) is 24.3 Å². The molecule has 170 valence electrons. The van der Waals surface area contributed by atoms with Crippen LogP contribution in [0, 0.1) is 0 Å². The summed E-state index contributed by atoms with van der Waals surface area (Å²) in [6.07, 6.45) is -4.33. The maximum absolute atomic E-state index is 13.4. The van der Waals surface area contributed by atoms with Crippen LogP contribution in [0.4, 0.5) is 0 Å². The highest BCUT2D eigenvalue weighted by Crippen LogP contribution is 2.38. The summed E-state index contributed by atoms with van der Waals surface area (Å²) in [5, 5.41) is 0. The smallest absolute Gasteiger partial charge is 0.303 e. The Bertz CT molecular complexity index is 966. The molecule has 4 rings (SSSR count). The van der Waals surface area contributed by atoms with Gasteiger partial charge in [-0.05, 0) is 12.1 Å². The highest BCUT2D eigenvalue weighted by atomic mass is 32.2. The lowest BCUT2D eigenvalue weighted by atomic mass is 9.98. The molecule has 0 amide bonds. The second-order valence-electron chi connectivity index (χ2n) is 7.48. The molecule has 2 aliphatic rings. The van der Waals surface area contributed by atoms with Crippen molar-refractivity contribution in [2.45, 2.75) is 54.9 Å². The van der Waals surface area contributed by atoms with Crippen molar-refractivity contribution in [1.29, 1.82) is 0 Å². The summed E-state index contributed by atoms with van der Waals surface area (Å²) in [5.41, 5.74) is -0.293. The van der Waals surface area contributed by atoms with Crippen LogP contribution in [0.2, 0.25) is 0 Å². The SMILES string of the molecule is CC(=O)O[C@@H]1[C@@H](OC(C)=O)[C@H](S(=O)c2ccccc2)O[C@@H]2COC(c3ccccc3)O[C@H]12. The maximum Gasteiger partial charge on any atom is 0.303 e. The first-order valence-corrected chi connectivity index (χ1v) is 11.4. The molecule has 2 fully saturated rings. The predicted molar refractivity (Wildman–Crippen MR) is 113 cm³/mol. The number of hydrogen-bond acceptors (Lipinski definition) is 8. The Kier molecular flexibility index (Phi) is 7.00. The van der Waals surface area contributed by atoms with E-state index < -0.39 is 58.9 Å². The fraction of sp³-hybridized carbons (Fsp3) is 0.391. The van der Waals surface area contributed by atoms with Crippen molar-refractivity contribution < 1.29 is 37.5 Å². The van der Waals surface area contributed by atoms with Gasteiger partial charge >= 0.3 is 11.9 Å². The molecule has 0 aromatic heterocycles. The molecule has 0 saturated carbocycles. The quantitative estimate of drug-likeness (QED) is 0.628. The van der Waals surface area contributed by atoms with E-state index in [0.717, 1.165) is 5.56 Å². The summed E-state index contributed by atoms with van der Waals surface area (Å²) in [7, 11) is -1.71. The first kappa shape index (κ1) is 22.6. The van der Waals surface area contributed by atoms with Crippen LogP contribution in [-0.4, -0.2) is 52.6 Å². The van der Waals surface area contributed by atoms with Crippen LogP contribution in [0.1, 0.15) is 25.7 Å². The highest BCUT2D eigenvalue weighted by Gasteiger charge is 2.55. The fourth-order valence-electron chi connectivity index (χ4n) is 3.83. The van der Waals surface area contributed by atoms with E-state index in [1.165, 1.54) is 13.8 Å². The van der Waals surface area contributed by atoms with Gasteiger partial charge in [0.15, 0.2) is 23.9 Å². The standard InChI is InChI=1S/C23H24O8S/c1-14(24)28-20-19-18(13-27-22(31-19)16-9-5-3-6-10-16)30-23(21(20)29-15(2)25)32(26)17-11-7-4-8-12-17/h3-12,18-23H,13H2,1-2H3/t18-,19+,20+,21-,22?,23+,32?/m1/s1. The molecule has 2 aromatic rings. The van der Waals surface area contributed by atoms with Gasteiger partial charge in [0.2, 0.25) is 0 Å². The van der Waals surface area contributed by atoms with Gasteiger partial charge < -0.3 is 23.7 Å². The van der Waals surface area contributed by atoms with E-state index in [2.05, 4.69) is 0 Å². The molecule has 2 heterocycles. The lowest BCUT2D eigenvalue weighted by Gasteiger charge is -2.47. The average Bonchev–Trinajstić information content (AvgIpc) is 2.80. The van der Waals surface area contributed by atoms with Gasteiger partial charge in [-0.15, -0.1) is 0 Å². The minimum absolute atomic E-state index is 0.122. The molecule has 0 spiro atoms. The van der Waals surface area contributed by atoms with Crippen LogP contribution in [-0.2, 0) is 44.1 Å². The monoisotopic (exact) mass is 460 g/mol. The first-order valence-electron chi connectivity index (χ1n) is 10.2. The third-order valence-electron chi connectivity index (χ3n) is 5.15. The second-order valence-corrected chi connectivity index (χ2v) is 9.01. The average molecular weight is 461 g/mol. The minimum Gasteiger partial charge on any atom is -0.456 e. The zero-order chi connectivity index (χ0) is 22.7. The van der Waals surface area contributed by atoms with E-state index in [1.807, 2.05) is 30.3 Å². The first-order chi connectivity index (χ1) is 15.4. The zero-order valence-corrected chi connectivity index (χ0v) is 18.4. The van der Waals surface area contributed by atoms with Gasteiger partial charge in [0.05, 0.1) is 17.4 Å². The van der Waals surface area contributed by atoms with Crippen molar-refractivity contribution in [3.05, 3.63) is 66.2 Å².